The van der Waals surface area contributed by atoms with Crippen LogP contribution in [-0.2, 0) is 14.6 Å². The van der Waals surface area contributed by atoms with Crippen molar-refractivity contribution in [3.63, 3.8) is 0 Å². The fraction of sp³-hybridized carbons (Fsp3) is 0.333. The summed E-state index contributed by atoms with van der Waals surface area (Å²) in [6.07, 6.45) is 2.04. The molecule has 1 aromatic heterocycles. The van der Waals surface area contributed by atoms with E-state index >= 15 is 0 Å². The standard InChI is InChI=1S/C15H16N4O3S2/c20-14(17-12-6-7-24(21,22)10-12)9-23-15-18-13(8-16-19-15)11-4-2-1-3-5-11/h1-5,8,12H,6-7,9-10H2,(H,17,20). The second kappa shape index (κ2) is 7.27. The lowest BCUT2D eigenvalue weighted by atomic mass is 10.2. The molecule has 3 rings (SSSR count). The summed E-state index contributed by atoms with van der Waals surface area (Å²) in [4.78, 5) is 16.3. The smallest absolute Gasteiger partial charge is 0.230 e. The summed E-state index contributed by atoms with van der Waals surface area (Å²) < 4.78 is 22.8. The number of thioether (sulfide) groups is 1. The average molecular weight is 364 g/mol. The Hall–Kier alpha value is -2.00. The first-order valence-electron chi connectivity index (χ1n) is 7.39. The number of hydrogen-bond donors (Lipinski definition) is 1. The van der Waals surface area contributed by atoms with E-state index in [0.29, 0.717) is 17.3 Å². The summed E-state index contributed by atoms with van der Waals surface area (Å²) in [6.45, 7) is 0. The van der Waals surface area contributed by atoms with Gasteiger partial charge in [-0.25, -0.2) is 13.4 Å². The molecule has 7 nitrogen and oxygen atoms in total. The number of sulfone groups is 1. The van der Waals surface area contributed by atoms with Gasteiger partial charge in [0.1, 0.15) is 0 Å². The summed E-state index contributed by atoms with van der Waals surface area (Å²) in [5.74, 6) is 0.0504. The lowest BCUT2D eigenvalue weighted by molar-refractivity contribution is -0.119. The van der Waals surface area contributed by atoms with Crippen LogP contribution in [0.25, 0.3) is 11.3 Å². The highest BCUT2D eigenvalue weighted by atomic mass is 32.2. The van der Waals surface area contributed by atoms with Gasteiger partial charge >= 0.3 is 0 Å². The summed E-state index contributed by atoms with van der Waals surface area (Å²) in [6, 6.07) is 9.29. The number of carbonyl (C=O) groups is 1. The van der Waals surface area contributed by atoms with Gasteiger partial charge < -0.3 is 5.32 Å². The molecule has 0 saturated carbocycles. The molecule has 24 heavy (non-hydrogen) atoms. The summed E-state index contributed by atoms with van der Waals surface area (Å²) >= 11 is 1.17. The summed E-state index contributed by atoms with van der Waals surface area (Å²) in [5, 5.41) is 11.0. The molecule has 1 atom stereocenters. The molecule has 126 valence electrons. The van der Waals surface area contributed by atoms with Crippen molar-refractivity contribution in [2.24, 2.45) is 0 Å². The molecule has 0 radical (unpaired) electrons. The van der Waals surface area contributed by atoms with E-state index in [1.54, 1.807) is 6.20 Å². The third-order valence-corrected chi connectivity index (χ3v) is 6.14. The van der Waals surface area contributed by atoms with E-state index < -0.39 is 9.84 Å². The van der Waals surface area contributed by atoms with E-state index in [0.717, 1.165) is 5.56 Å². The van der Waals surface area contributed by atoms with Gasteiger partial charge in [-0.2, -0.15) is 5.10 Å². The summed E-state index contributed by atoms with van der Waals surface area (Å²) in [5.41, 5.74) is 1.62. The van der Waals surface area contributed by atoms with Crippen LogP contribution in [0.15, 0.2) is 41.7 Å². The van der Waals surface area contributed by atoms with E-state index in [2.05, 4.69) is 20.5 Å². The third kappa shape index (κ3) is 4.51. The van der Waals surface area contributed by atoms with Crippen LogP contribution in [0.3, 0.4) is 0 Å². The minimum absolute atomic E-state index is 0.0188. The van der Waals surface area contributed by atoms with Gasteiger partial charge in [-0.15, -0.1) is 5.10 Å². The van der Waals surface area contributed by atoms with Crippen molar-refractivity contribution >= 4 is 27.5 Å². The highest BCUT2D eigenvalue weighted by Crippen LogP contribution is 2.19. The molecular weight excluding hydrogens is 348 g/mol. The number of benzene rings is 1. The maximum absolute atomic E-state index is 11.9. The quantitative estimate of drug-likeness (QED) is 0.788. The highest BCUT2D eigenvalue weighted by Gasteiger charge is 2.28. The Bertz CT molecular complexity index is 828. The molecule has 1 unspecified atom stereocenters. The second-order valence-electron chi connectivity index (χ2n) is 5.45. The molecule has 9 heteroatoms. The number of carbonyl (C=O) groups excluding carboxylic acids is 1. The van der Waals surface area contributed by atoms with Gasteiger partial charge in [-0.05, 0) is 6.42 Å². The number of amides is 1. The highest BCUT2D eigenvalue weighted by molar-refractivity contribution is 7.99. The maximum atomic E-state index is 11.9. The number of nitrogens with zero attached hydrogens (tertiary/aromatic N) is 3. The Morgan fingerprint density at radius 3 is 2.79 bits per heavy atom. The van der Waals surface area contributed by atoms with E-state index in [9.17, 15) is 13.2 Å². The topological polar surface area (TPSA) is 102 Å². The first kappa shape index (κ1) is 16.8. The lowest BCUT2D eigenvalue weighted by Crippen LogP contribution is -2.36. The Morgan fingerprint density at radius 1 is 1.29 bits per heavy atom. The van der Waals surface area contributed by atoms with Crippen LogP contribution in [0, 0.1) is 0 Å². The van der Waals surface area contributed by atoms with Crippen LogP contribution >= 0.6 is 11.8 Å². The van der Waals surface area contributed by atoms with Gasteiger partial charge in [0.2, 0.25) is 11.1 Å². The zero-order chi connectivity index (χ0) is 17.0. The molecule has 1 amide bonds. The molecule has 1 saturated heterocycles. The van der Waals surface area contributed by atoms with Crippen molar-refractivity contribution in [1.29, 1.82) is 0 Å². The molecule has 2 heterocycles. The monoisotopic (exact) mass is 364 g/mol. The van der Waals surface area contributed by atoms with E-state index in [1.807, 2.05) is 30.3 Å². The first-order valence-corrected chi connectivity index (χ1v) is 10.2. The second-order valence-corrected chi connectivity index (χ2v) is 8.62. The van der Waals surface area contributed by atoms with Crippen molar-refractivity contribution in [3.8, 4) is 11.3 Å². The molecule has 1 N–H and O–H groups in total. The molecule has 1 aliphatic heterocycles. The van der Waals surface area contributed by atoms with Crippen LogP contribution in [0.2, 0.25) is 0 Å². The first-order chi connectivity index (χ1) is 11.5. The normalized spacial score (nSPS) is 19.1. The number of hydrogen-bond acceptors (Lipinski definition) is 7. The van der Waals surface area contributed by atoms with Crippen molar-refractivity contribution in [1.82, 2.24) is 20.5 Å². The van der Waals surface area contributed by atoms with Crippen molar-refractivity contribution in [2.45, 2.75) is 17.6 Å². The van der Waals surface area contributed by atoms with Gasteiger partial charge in [0.05, 0.1) is 29.1 Å². The Labute approximate surface area is 144 Å². The molecule has 0 bridgehead atoms. The minimum Gasteiger partial charge on any atom is -0.352 e. The van der Waals surface area contributed by atoms with Gasteiger partial charge in [0.15, 0.2) is 9.84 Å². The van der Waals surface area contributed by atoms with Crippen LogP contribution in [0.1, 0.15) is 6.42 Å². The van der Waals surface area contributed by atoms with Gasteiger partial charge in [-0.3, -0.25) is 4.79 Å². The minimum atomic E-state index is -3.00. The summed E-state index contributed by atoms with van der Waals surface area (Å²) in [7, 11) is -3.00. The SMILES string of the molecule is O=C(CSc1nncc(-c2ccccc2)n1)NC1CCS(=O)(=O)C1. The van der Waals surface area contributed by atoms with Crippen LogP contribution in [0.4, 0.5) is 0 Å². The fourth-order valence-electron chi connectivity index (χ4n) is 2.40. The number of rotatable bonds is 5. The number of aromatic nitrogens is 3. The predicted molar refractivity (Wildman–Crippen MR) is 91.2 cm³/mol. The zero-order valence-corrected chi connectivity index (χ0v) is 14.4. The molecule has 0 aliphatic carbocycles. The fourth-order valence-corrected chi connectivity index (χ4v) is 4.69. The zero-order valence-electron chi connectivity index (χ0n) is 12.8. The molecular formula is C15H16N4O3S2. The van der Waals surface area contributed by atoms with Crippen molar-refractivity contribution in [2.75, 3.05) is 17.3 Å². The molecule has 2 aromatic rings. The predicted octanol–water partition coefficient (Wildman–Crippen LogP) is 0.934. The Kier molecular flexibility index (Phi) is 5.10. The largest absolute Gasteiger partial charge is 0.352 e. The van der Waals surface area contributed by atoms with Crippen LogP contribution in [-0.4, -0.2) is 52.8 Å². The Balaban J connectivity index is 1.56. The van der Waals surface area contributed by atoms with E-state index in [1.165, 1.54) is 11.8 Å². The molecule has 0 spiro atoms. The van der Waals surface area contributed by atoms with Gasteiger partial charge in [-0.1, -0.05) is 42.1 Å². The molecule has 1 aromatic carbocycles. The molecule has 1 aliphatic rings. The van der Waals surface area contributed by atoms with E-state index in [4.69, 9.17) is 0 Å². The van der Waals surface area contributed by atoms with E-state index in [-0.39, 0.29) is 29.2 Å². The van der Waals surface area contributed by atoms with Crippen molar-refractivity contribution in [3.05, 3.63) is 36.5 Å². The van der Waals surface area contributed by atoms with Crippen LogP contribution in [0.5, 0.6) is 0 Å². The van der Waals surface area contributed by atoms with Crippen molar-refractivity contribution < 1.29 is 13.2 Å². The van der Waals surface area contributed by atoms with Gasteiger partial charge in [0.25, 0.3) is 0 Å². The molecule has 1 fully saturated rings. The Morgan fingerprint density at radius 2 is 2.08 bits per heavy atom. The lowest BCUT2D eigenvalue weighted by Gasteiger charge is -2.10. The number of nitrogens with one attached hydrogen (secondary N) is 1. The van der Waals surface area contributed by atoms with Crippen LogP contribution < -0.4 is 5.32 Å². The van der Waals surface area contributed by atoms with Gasteiger partial charge in [0, 0.05) is 11.6 Å². The maximum Gasteiger partial charge on any atom is 0.230 e. The third-order valence-electron chi connectivity index (χ3n) is 3.54. The average Bonchev–Trinajstić information content (AvgIpc) is 2.92.